The molecule has 2 rings (SSSR count). The molecule has 0 spiro atoms. The van der Waals surface area contributed by atoms with Gasteiger partial charge < -0.3 is 15.7 Å². The number of aromatic carboxylic acids is 1. The van der Waals surface area contributed by atoms with Crippen molar-refractivity contribution in [2.45, 2.75) is 19.4 Å². The fraction of sp³-hybridized carbons (Fsp3) is 0.545. The summed E-state index contributed by atoms with van der Waals surface area (Å²) in [4.78, 5) is 26.2. The van der Waals surface area contributed by atoms with Gasteiger partial charge in [-0.05, 0) is 25.4 Å². The van der Waals surface area contributed by atoms with E-state index in [1.54, 1.807) is 0 Å². The number of carbonyl (C=O) groups is 2. The highest BCUT2D eigenvalue weighted by Gasteiger charge is 2.18. The zero-order chi connectivity index (χ0) is 13.0. The van der Waals surface area contributed by atoms with Gasteiger partial charge in [0.1, 0.15) is 5.01 Å². The van der Waals surface area contributed by atoms with Crippen molar-refractivity contribution in [3.05, 3.63) is 16.1 Å². The minimum absolute atomic E-state index is 0.00391. The lowest BCUT2D eigenvalue weighted by Gasteiger charge is -2.07. The van der Waals surface area contributed by atoms with E-state index in [4.69, 9.17) is 5.11 Å². The fourth-order valence-electron chi connectivity index (χ4n) is 1.89. The molecule has 1 fully saturated rings. The number of hydrogen-bond donors (Lipinski definition) is 3. The van der Waals surface area contributed by atoms with Gasteiger partial charge in [0.05, 0.1) is 6.54 Å². The smallest absolute Gasteiger partial charge is 0.355 e. The molecular formula is C11H15N3O3S. The summed E-state index contributed by atoms with van der Waals surface area (Å²) in [7, 11) is 0. The predicted molar refractivity (Wildman–Crippen MR) is 66.5 cm³/mol. The third kappa shape index (κ3) is 3.51. The first-order chi connectivity index (χ1) is 8.65. The van der Waals surface area contributed by atoms with Gasteiger partial charge in [0.15, 0.2) is 5.69 Å². The highest BCUT2D eigenvalue weighted by molar-refractivity contribution is 7.09. The number of carboxylic acid groups (broad SMARTS) is 1. The van der Waals surface area contributed by atoms with Crippen molar-refractivity contribution in [3.8, 4) is 0 Å². The van der Waals surface area contributed by atoms with Crippen molar-refractivity contribution in [2.24, 2.45) is 5.92 Å². The van der Waals surface area contributed by atoms with E-state index in [1.807, 2.05) is 0 Å². The lowest BCUT2D eigenvalue weighted by molar-refractivity contribution is -0.122. The van der Waals surface area contributed by atoms with Crippen LogP contribution in [-0.2, 0) is 11.3 Å². The van der Waals surface area contributed by atoms with E-state index < -0.39 is 5.97 Å². The first-order valence-electron chi connectivity index (χ1n) is 5.80. The number of hydrogen-bond acceptors (Lipinski definition) is 5. The molecule has 6 nitrogen and oxygen atoms in total. The fourth-order valence-corrected chi connectivity index (χ4v) is 2.60. The van der Waals surface area contributed by atoms with E-state index in [0.29, 0.717) is 23.9 Å². The summed E-state index contributed by atoms with van der Waals surface area (Å²) >= 11 is 1.24. The third-order valence-corrected chi connectivity index (χ3v) is 3.69. The topological polar surface area (TPSA) is 91.3 Å². The van der Waals surface area contributed by atoms with Crippen LogP contribution in [0.2, 0.25) is 0 Å². The number of amides is 1. The molecule has 0 radical (unpaired) electrons. The normalized spacial score (nSPS) is 18.8. The van der Waals surface area contributed by atoms with Crippen LogP contribution in [0.15, 0.2) is 5.38 Å². The minimum atomic E-state index is -1.04. The Labute approximate surface area is 108 Å². The summed E-state index contributed by atoms with van der Waals surface area (Å²) in [6, 6.07) is 0. The molecule has 1 aromatic rings. The quantitative estimate of drug-likeness (QED) is 0.722. The molecular weight excluding hydrogens is 254 g/mol. The van der Waals surface area contributed by atoms with Gasteiger partial charge in [0, 0.05) is 11.8 Å². The Kier molecular flexibility index (Phi) is 4.27. The van der Waals surface area contributed by atoms with Crippen LogP contribution in [0.4, 0.5) is 0 Å². The Morgan fingerprint density at radius 2 is 2.44 bits per heavy atom. The lowest BCUT2D eigenvalue weighted by atomic mass is 10.0. The van der Waals surface area contributed by atoms with Crippen LogP contribution in [0.5, 0.6) is 0 Å². The van der Waals surface area contributed by atoms with E-state index in [-0.39, 0.29) is 11.6 Å². The molecule has 1 atom stereocenters. The highest BCUT2D eigenvalue weighted by Crippen LogP contribution is 2.13. The van der Waals surface area contributed by atoms with Crippen LogP contribution in [0.25, 0.3) is 0 Å². The summed E-state index contributed by atoms with van der Waals surface area (Å²) in [5.41, 5.74) is 0.0317. The maximum Gasteiger partial charge on any atom is 0.355 e. The van der Waals surface area contributed by atoms with E-state index in [0.717, 1.165) is 19.5 Å². The maximum atomic E-state index is 11.6. The van der Waals surface area contributed by atoms with E-state index in [1.165, 1.54) is 16.7 Å². The number of nitrogens with one attached hydrogen (secondary N) is 2. The zero-order valence-electron chi connectivity index (χ0n) is 9.81. The average molecular weight is 269 g/mol. The van der Waals surface area contributed by atoms with E-state index in [9.17, 15) is 9.59 Å². The van der Waals surface area contributed by atoms with Crippen LogP contribution in [0, 0.1) is 5.92 Å². The van der Waals surface area contributed by atoms with Crippen LogP contribution >= 0.6 is 11.3 Å². The van der Waals surface area contributed by atoms with E-state index in [2.05, 4.69) is 15.6 Å². The molecule has 0 bridgehead atoms. The molecule has 2 heterocycles. The van der Waals surface area contributed by atoms with Gasteiger partial charge >= 0.3 is 5.97 Å². The average Bonchev–Trinajstić information content (AvgIpc) is 2.96. The SMILES string of the molecule is O=C(CC1CCNC1)NCc1nc(C(=O)O)cs1. The predicted octanol–water partition coefficient (Wildman–Crippen LogP) is 0.457. The Balaban J connectivity index is 1.76. The Morgan fingerprint density at radius 1 is 1.61 bits per heavy atom. The molecule has 0 aromatic carbocycles. The summed E-state index contributed by atoms with van der Waals surface area (Å²) in [5.74, 6) is -0.632. The van der Waals surface area contributed by atoms with Crippen molar-refractivity contribution < 1.29 is 14.7 Å². The summed E-state index contributed by atoms with van der Waals surface area (Å²) < 4.78 is 0. The minimum Gasteiger partial charge on any atom is -0.476 e. The number of carbonyl (C=O) groups excluding carboxylic acids is 1. The molecule has 3 N–H and O–H groups in total. The maximum absolute atomic E-state index is 11.6. The molecule has 1 amide bonds. The van der Waals surface area contributed by atoms with Crippen molar-refractivity contribution >= 4 is 23.2 Å². The third-order valence-electron chi connectivity index (χ3n) is 2.84. The van der Waals surface area contributed by atoms with Gasteiger partial charge in [0.25, 0.3) is 0 Å². The first-order valence-corrected chi connectivity index (χ1v) is 6.68. The van der Waals surface area contributed by atoms with Crippen molar-refractivity contribution in [1.29, 1.82) is 0 Å². The number of aromatic nitrogens is 1. The second-order valence-electron chi connectivity index (χ2n) is 4.27. The lowest BCUT2D eigenvalue weighted by Crippen LogP contribution is -2.25. The van der Waals surface area contributed by atoms with Crippen LogP contribution in [0.1, 0.15) is 28.3 Å². The second kappa shape index (κ2) is 5.92. The van der Waals surface area contributed by atoms with Crippen LogP contribution < -0.4 is 10.6 Å². The second-order valence-corrected chi connectivity index (χ2v) is 5.21. The Morgan fingerprint density at radius 3 is 3.06 bits per heavy atom. The summed E-state index contributed by atoms with van der Waals surface area (Å²) in [6.07, 6.45) is 1.55. The van der Waals surface area contributed by atoms with Gasteiger partial charge in [0.2, 0.25) is 5.91 Å². The molecule has 1 aliphatic heterocycles. The highest BCUT2D eigenvalue weighted by atomic mass is 32.1. The molecule has 0 saturated carbocycles. The van der Waals surface area contributed by atoms with Gasteiger partial charge in [-0.3, -0.25) is 4.79 Å². The van der Waals surface area contributed by atoms with Crippen LogP contribution in [-0.4, -0.2) is 35.1 Å². The number of thiazole rings is 1. The molecule has 1 unspecified atom stereocenters. The molecule has 0 aliphatic carbocycles. The molecule has 1 aromatic heterocycles. The number of nitrogens with zero attached hydrogens (tertiary/aromatic N) is 1. The number of rotatable bonds is 5. The summed E-state index contributed by atoms with van der Waals surface area (Å²) in [6.45, 7) is 2.18. The zero-order valence-corrected chi connectivity index (χ0v) is 10.6. The Hall–Kier alpha value is -1.47. The van der Waals surface area contributed by atoms with E-state index >= 15 is 0 Å². The monoisotopic (exact) mass is 269 g/mol. The molecule has 1 aliphatic rings. The van der Waals surface area contributed by atoms with Gasteiger partial charge in [-0.2, -0.15) is 0 Å². The van der Waals surface area contributed by atoms with Crippen molar-refractivity contribution in [1.82, 2.24) is 15.6 Å². The van der Waals surface area contributed by atoms with Crippen LogP contribution in [0.3, 0.4) is 0 Å². The molecule has 98 valence electrons. The largest absolute Gasteiger partial charge is 0.476 e. The molecule has 18 heavy (non-hydrogen) atoms. The number of carboxylic acids is 1. The van der Waals surface area contributed by atoms with Gasteiger partial charge in [-0.25, -0.2) is 9.78 Å². The van der Waals surface area contributed by atoms with Crippen molar-refractivity contribution in [2.75, 3.05) is 13.1 Å². The molecule has 7 heteroatoms. The standard InChI is InChI=1S/C11H15N3O3S/c15-9(3-7-1-2-12-4-7)13-5-10-14-8(6-18-10)11(16)17/h6-7,12H,1-5H2,(H,13,15)(H,16,17). The first kappa shape index (κ1) is 13.0. The van der Waals surface area contributed by atoms with Crippen molar-refractivity contribution in [3.63, 3.8) is 0 Å². The molecule has 1 saturated heterocycles. The van der Waals surface area contributed by atoms with Gasteiger partial charge in [-0.1, -0.05) is 0 Å². The van der Waals surface area contributed by atoms with Gasteiger partial charge in [-0.15, -0.1) is 11.3 Å². The Bertz CT molecular complexity index is 440. The summed E-state index contributed by atoms with van der Waals surface area (Å²) in [5, 5.41) is 16.8.